The van der Waals surface area contributed by atoms with Gasteiger partial charge in [-0.25, -0.2) is 9.59 Å². The van der Waals surface area contributed by atoms with Crippen LogP contribution in [-0.2, 0) is 23.9 Å². The number of carbonyl (C=O) groups is 3. The highest BCUT2D eigenvalue weighted by molar-refractivity contribution is 9.10. The van der Waals surface area contributed by atoms with E-state index in [4.69, 9.17) is 5.73 Å². The summed E-state index contributed by atoms with van der Waals surface area (Å²) in [6.45, 7) is 4.47. The van der Waals surface area contributed by atoms with Crippen molar-refractivity contribution in [1.29, 1.82) is 0 Å². The second-order valence-corrected chi connectivity index (χ2v) is 14.7. The van der Waals surface area contributed by atoms with Crippen LogP contribution in [0.2, 0.25) is 0 Å². The van der Waals surface area contributed by atoms with E-state index < -0.39 is 29.5 Å². The number of hydrogen-bond acceptors (Lipinski definition) is 6. The highest BCUT2D eigenvalue weighted by atomic mass is 79.9. The zero-order valence-electron chi connectivity index (χ0n) is 26.2. The van der Waals surface area contributed by atoms with Crippen molar-refractivity contribution in [3.63, 3.8) is 0 Å². The van der Waals surface area contributed by atoms with Gasteiger partial charge in [-0.15, -0.1) is 11.3 Å². The fourth-order valence-corrected chi connectivity index (χ4v) is 8.63. The van der Waals surface area contributed by atoms with E-state index in [9.17, 15) is 27.6 Å². The van der Waals surface area contributed by atoms with E-state index in [-0.39, 0.29) is 34.4 Å². The molecule has 0 saturated carbocycles. The molecule has 1 aromatic carbocycles. The average Bonchev–Trinajstić information content (AvgIpc) is 3.52. The molecule has 0 radical (unpaired) electrons. The molecule has 1 atom stereocenters. The Morgan fingerprint density at radius 1 is 1.00 bits per heavy atom. The lowest BCUT2D eigenvalue weighted by Gasteiger charge is -2.41. The van der Waals surface area contributed by atoms with E-state index in [2.05, 4.69) is 31.5 Å². The predicted octanol–water partition coefficient (Wildman–Crippen LogP) is 5.72. The van der Waals surface area contributed by atoms with Crippen LogP contribution in [0.1, 0.15) is 61.6 Å². The SMILES string of the molecule is Nc1c(Br)cc(C[C@@H](NC(=O)N2CCC(N3Cc4ccsc4NC3=O)CC2)C(=O)N2CCC(N3CCCCC3)CC2)cc1C(F)(F)F. The third-order valence-electron chi connectivity index (χ3n) is 9.97. The van der Waals surface area contributed by atoms with Gasteiger partial charge in [-0.05, 0) is 96.7 Å². The minimum absolute atomic E-state index is 0.0429. The van der Waals surface area contributed by atoms with Crippen LogP contribution in [0.25, 0.3) is 0 Å². The molecular formula is C32H41BrF3N7O3S. The molecule has 4 aliphatic heterocycles. The molecule has 0 bridgehead atoms. The monoisotopic (exact) mass is 739 g/mol. The zero-order chi connectivity index (χ0) is 33.3. The van der Waals surface area contributed by atoms with Gasteiger partial charge in [-0.3, -0.25) is 10.1 Å². The predicted molar refractivity (Wildman–Crippen MR) is 178 cm³/mol. The van der Waals surface area contributed by atoms with Crippen LogP contribution >= 0.6 is 27.3 Å². The Kier molecular flexibility index (Phi) is 10.2. The van der Waals surface area contributed by atoms with Gasteiger partial charge in [0.25, 0.3) is 0 Å². The van der Waals surface area contributed by atoms with E-state index in [1.54, 1.807) is 14.7 Å². The number of hydrogen-bond donors (Lipinski definition) is 3. The lowest BCUT2D eigenvalue weighted by molar-refractivity contribution is -0.137. The summed E-state index contributed by atoms with van der Waals surface area (Å²) in [6, 6.07) is 3.15. The van der Waals surface area contributed by atoms with Gasteiger partial charge in [0.2, 0.25) is 5.91 Å². The molecule has 5 heterocycles. The van der Waals surface area contributed by atoms with Crippen LogP contribution in [0.5, 0.6) is 0 Å². The van der Waals surface area contributed by atoms with Crippen molar-refractivity contribution in [2.45, 2.75) is 82.2 Å². The van der Waals surface area contributed by atoms with Crippen LogP contribution < -0.4 is 16.4 Å². The normalized spacial score (nSPS) is 20.9. The van der Waals surface area contributed by atoms with Crippen LogP contribution in [0.4, 0.5) is 33.4 Å². The molecule has 0 unspecified atom stereocenters. The third kappa shape index (κ3) is 7.67. The summed E-state index contributed by atoms with van der Waals surface area (Å²) in [5.74, 6) is -0.302. The Balaban J connectivity index is 1.13. The topological polar surface area (TPSA) is 114 Å². The van der Waals surface area contributed by atoms with Crippen LogP contribution in [0, 0.1) is 0 Å². The zero-order valence-corrected chi connectivity index (χ0v) is 28.6. The number of halogens is 4. The molecule has 4 aliphatic rings. The number of benzene rings is 1. The molecule has 47 heavy (non-hydrogen) atoms. The summed E-state index contributed by atoms with van der Waals surface area (Å²) in [5, 5.41) is 8.63. The van der Waals surface area contributed by atoms with Gasteiger partial charge < -0.3 is 30.7 Å². The number of nitrogens with one attached hydrogen (secondary N) is 2. The number of nitrogen functional groups attached to an aromatic ring is 1. The number of likely N-dealkylation sites (tertiary alicyclic amines) is 3. The van der Waals surface area contributed by atoms with Crippen molar-refractivity contribution in [3.8, 4) is 0 Å². The van der Waals surface area contributed by atoms with Crippen LogP contribution in [-0.4, -0.2) is 95.0 Å². The fourth-order valence-electron chi connectivity index (χ4n) is 7.33. The number of amides is 5. The quantitative estimate of drug-likeness (QED) is 0.328. The number of nitrogens with two attached hydrogens (primary N) is 1. The number of nitrogens with zero attached hydrogens (tertiary/aromatic N) is 4. The molecule has 1 aromatic heterocycles. The molecular weight excluding hydrogens is 699 g/mol. The standard InChI is InChI=1S/C32H41BrF3N7O3S/c33-25-17-20(16-24(27(25)37)32(34,35)36)18-26(29(44)41-11-4-22(5-12-41)40-9-2-1-3-10-40)38-30(45)42-13-6-23(7-14-42)43-19-21-8-15-47-28(21)39-31(43)46/h8,15-17,22-23,26H,1-7,9-14,18-19,37H2,(H,38,45)(H,39,46)/t26-/m1/s1. The Hall–Kier alpha value is -3.04. The van der Waals surface area contributed by atoms with E-state index >= 15 is 0 Å². The number of carbonyl (C=O) groups excluding carboxylic acids is 3. The maximum atomic E-state index is 14.0. The number of fused-ring (bicyclic) bond motifs is 1. The summed E-state index contributed by atoms with van der Waals surface area (Å²) in [7, 11) is 0. The molecule has 15 heteroatoms. The van der Waals surface area contributed by atoms with Crippen molar-refractivity contribution in [3.05, 3.63) is 44.7 Å². The first-order valence-electron chi connectivity index (χ1n) is 16.4. The lowest BCUT2D eigenvalue weighted by atomic mass is 9.97. The molecule has 6 rings (SSSR count). The van der Waals surface area contributed by atoms with Gasteiger partial charge in [-0.2, -0.15) is 13.2 Å². The summed E-state index contributed by atoms with van der Waals surface area (Å²) >= 11 is 4.64. The Morgan fingerprint density at radius 3 is 2.34 bits per heavy atom. The molecule has 3 saturated heterocycles. The molecule has 256 valence electrons. The minimum atomic E-state index is -4.68. The molecule has 5 amide bonds. The maximum Gasteiger partial charge on any atom is 0.418 e. The highest BCUT2D eigenvalue weighted by Crippen LogP contribution is 2.38. The molecule has 3 fully saturated rings. The van der Waals surface area contributed by atoms with Crippen molar-refractivity contribution < 1.29 is 27.6 Å². The number of piperidine rings is 3. The average molecular weight is 741 g/mol. The third-order valence-corrected chi connectivity index (χ3v) is 11.5. The fraction of sp³-hybridized carbons (Fsp3) is 0.594. The Bertz CT molecular complexity index is 1470. The number of rotatable bonds is 6. The molecule has 4 N–H and O–H groups in total. The van der Waals surface area contributed by atoms with E-state index in [1.165, 1.54) is 36.7 Å². The second kappa shape index (κ2) is 14.2. The molecule has 2 aromatic rings. The van der Waals surface area contributed by atoms with Crippen molar-refractivity contribution in [1.82, 2.24) is 24.9 Å². The number of urea groups is 2. The number of thiophene rings is 1. The van der Waals surface area contributed by atoms with E-state index in [0.29, 0.717) is 51.6 Å². The summed E-state index contributed by atoms with van der Waals surface area (Å²) in [5.41, 5.74) is 5.64. The largest absolute Gasteiger partial charge is 0.418 e. The van der Waals surface area contributed by atoms with Gasteiger partial charge in [0.15, 0.2) is 0 Å². The van der Waals surface area contributed by atoms with Gasteiger partial charge >= 0.3 is 18.2 Å². The van der Waals surface area contributed by atoms with Gasteiger partial charge in [0, 0.05) is 54.7 Å². The Labute approximate surface area is 284 Å². The van der Waals surface area contributed by atoms with E-state index in [1.807, 2.05) is 11.4 Å². The Morgan fingerprint density at radius 2 is 1.66 bits per heavy atom. The smallest absolute Gasteiger partial charge is 0.397 e. The first-order chi connectivity index (χ1) is 22.5. The highest BCUT2D eigenvalue weighted by Gasteiger charge is 2.38. The van der Waals surface area contributed by atoms with E-state index in [0.717, 1.165) is 42.6 Å². The molecule has 10 nitrogen and oxygen atoms in total. The van der Waals surface area contributed by atoms with Crippen molar-refractivity contribution in [2.24, 2.45) is 0 Å². The first-order valence-corrected chi connectivity index (χ1v) is 18.0. The van der Waals surface area contributed by atoms with Crippen molar-refractivity contribution in [2.75, 3.05) is 50.3 Å². The summed E-state index contributed by atoms with van der Waals surface area (Å²) in [6.07, 6.45) is 1.60. The lowest BCUT2D eigenvalue weighted by Crippen LogP contribution is -2.57. The van der Waals surface area contributed by atoms with Crippen molar-refractivity contribution >= 4 is 55.9 Å². The molecule has 0 spiro atoms. The molecule has 0 aliphatic carbocycles. The van der Waals surface area contributed by atoms with Gasteiger partial charge in [0.05, 0.1) is 17.8 Å². The minimum Gasteiger partial charge on any atom is -0.397 e. The summed E-state index contributed by atoms with van der Waals surface area (Å²) in [4.78, 5) is 48.0. The first kappa shape index (κ1) is 33.8. The van der Waals surface area contributed by atoms with Crippen LogP contribution in [0.15, 0.2) is 28.1 Å². The number of alkyl halides is 3. The van der Waals surface area contributed by atoms with Crippen LogP contribution in [0.3, 0.4) is 0 Å². The number of anilines is 2. The van der Waals surface area contributed by atoms with Gasteiger partial charge in [0.1, 0.15) is 11.0 Å². The van der Waals surface area contributed by atoms with Gasteiger partial charge in [-0.1, -0.05) is 6.42 Å². The second-order valence-electron chi connectivity index (χ2n) is 12.9. The summed E-state index contributed by atoms with van der Waals surface area (Å²) < 4.78 is 41.5. The maximum absolute atomic E-state index is 14.0.